The fourth-order valence-corrected chi connectivity index (χ4v) is 2.94. The van der Waals surface area contributed by atoms with Gasteiger partial charge >= 0.3 is 0 Å². The monoisotopic (exact) mass is 373 g/mol. The molecule has 1 unspecified atom stereocenters. The van der Waals surface area contributed by atoms with Crippen LogP contribution in [0.5, 0.6) is 0 Å². The predicted octanol–water partition coefficient (Wildman–Crippen LogP) is 4.72. The van der Waals surface area contributed by atoms with E-state index in [-0.39, 0.29) is 17.9 Å². The molecule has 21 heavy (non-hydrogen) atoms. The third kappa shape index (κ3) is 3.47. The summed E-state index contributed by atoms with van der Waals surface area (Å²) in [6, 6.07) is 4.71. The Hall–Kier alpha value is -0.910. The zero-order chi connectivity index (χ0) is 15.6. The van der Waals surface area contributed by atoms with Crippen LogP contribution in [0.1, 0.15) is 44.1 Å². The number of aromatic nitrogens is 2. The van der Waals surface area contributed by atoms with Crippen molar-refractivity contribution in [3.63, 3.8) is 0 Å². The number of nitrogens with zero attached hydrogens (tertiary/aromatic N) is 2. The molecule has 0 spiro atoms. The van der Waals surface area contributed by atoms with E-state index in [4.69, 9.17) is 11.6 Å². The maximum Gasteiger partial charge on any atom is 0.128 e. The van der Waals surface area contributed by atoms with Crippen LogP contribution in [0, 0.1) is 5.82 Å². The molecule has 1 aromatic heterocycles. The Morgan fingerprint density at radius 3 is 2.76 bits per heavy atom. The third-order valence-electron chi connectivity index (χ3n) is 3.23. The largest absolute Gasteiger partial charge is 0.305 e. The average Bonchev–Trinajstić information content (AvgIpc) is 2.81. The van der Waals surface area contributed by atoms with Gasteiger partial charge in [0.2, 0.25) is 0 Å². The summed E-state index contributed by atoms with van der Waals surface area (Å²) >= 11 is 9.70. The third-order valence-corrected chi connectivity index (χ3v) is 4.01. The molecule has 0 amide bonds. The van der Waals surface area contributed by atoms with Crippen LogP contribution in [-0.4, -0.2) is 16.3 Å². The molecule has 0 fully saturated rings. The molecule has 1 heterocycles. The van der Waals surface area contributed by atoms with E-state index in [1.54, 1.807) is 18.3 Å². The Balaban J connectivity index is 2.59. The molecule has 1 N–H and O–H groups in total. The summed E-state index contributed by atoms with van der Waals surface area (Å²) < 4.78 is 16.9. The number of benzene rings is 1. The highest BCUT2D eigenvalue weighted by Crippen LogP contribution is 2.32. The highest BCUT2D eigenvalue weighted by Gasteiger charge is 2.25. The fourth-order valence-electron chi connectivity index (χ4n) is 2.33. The van der Waals surface area contributed by atoms with Crippen LogP contribution in [0.2, 0.25) is 5.02 Å². The zero-order valence-electron chi connectivity index (χ0n) is 12.2. The van der Waals surface area contributed by atoms with Gasteiger partial charge in [0, 0.05) is 16.1 Å². The van der Waals surface area contributed by atoms with Gasteiger partial charge in [-0.2, -0.15) is 5.10 Å². The molecule has 1 atom stereocenters. The summed E-state index contributed by atoms with van der Waals surface area (Å²) in [5.74, 6) is -0.267. The summed E-state index contributed by atoms with van der Waals surface area (Å²) in [5, 5.41) is 8.14. The van der Waals surface area contributed by atoms with Gasteiger partial charge < -0.3 is 5.32 Å². The van der Waals surface area contributed by atoms with Gasteiger partial charge in [0.1, 0.15) is 5.82 Å². The Labute approximate surface area is 137 Å². The summed E-state index contributed by atoms with van der Waals surface area (Å²) in [6.07, 6.45) is 1.61. The van der Waals surface area contributed by atoms with Crippen LogP contribution in [0.25, 0.3) is 0 Å². The van der Waals surface area contributed by atoms with E-state index < -0.39 is 0 Å². The second-order valence-electron chi connectivity index (χ2n) is 5.07. The minimum atomic E-state index is -0.343. The van der Waals surface area contributed by atoms with E-state index in [1.165, 1.54) is 6.07 Å². The molecule has 6 heteroatoms. The highest BCUT2D eigenvalue weighted by molar-refractivity contribution is 9.10. The number of halogens is 3. The highest BCUT2D eigenvalue weighted by atomic mass is 79.9. The average molecular weight is 375 g/mol. The normalized spacial score (nSPS) is 12.9. The first kappa shape index (κ1) is 16.5. The first-order valence-corrected chi connectivity index (χ1v) is 8.04. The second-order valence-corrected chi connectivity index (χ2v) is 6.40. The van der Waals surface area contributed by atoms with Crippen molar-refractivity contribution in [1.82, 2.24) is 15.1 Å². The predicted molar refractivity (Wildman–Crippen MR) is 87.2 cm³/mol. The van der Waals surface area contributed by atoms with E-state index in [9.17, 15) is 4.39 Å². The quantitative estimate of drug-likeness (QED) is 0.821. The van der Waals surface area contributed by atoms with Gasteiger partial charge in [-0.15, -0.1) is 0 Å². The molecule has 2 rings (SSSR count). The number of hydrogen-bond donors (Lipinski definition) is 1. The maximum absolute atomic E-state index is 14.3. The molecule has 0 bridgehead atoms. The van der Waals surface area contributed by atoms with Gasteiger partial charge in [-0.3, -0.25) is 4.68 Å². The van der Waals surface area contributed by atoms with Gasteiger partial charge in [-0.1, -0.05) is 34.5 Å². The standard InChI is InChI=1S/C15H18BrClFN3/c1-4-19-14(11-7-10(16)5-6-13(11)18)15-12(17)8-20-21(15)9(2)3/h5-9,14,19H,4H2,1-3H3. The van der Waals surface area contributed by atoms with Gasteiger partial charge in [-0.05, 0) is 38.6 Å². The molecule has 0 radical (unpaired) electrons. The lowest BCUT2D eigenvalue weighted by Crippen LogP contribution is -2.26. The van der Waals surface area contributed by atoms with E-state index in [0.29, 0.717) is 17.1 Å². The number of rotatable bonds is 5. The lowest BCUT2D eigenvalue weighted by molar-refractivity contribution is 0.467. The van der Waals surface area contributed by atoms with Crippen molar-refractivity contribution in [3.05, 3.63) is 51.0 Å². The van der Waals surface area contributed by atoms with Crippen molar-refractivity contribution in [1.29, 1.82) is 0 Å². The molecule has 3 nitrogen and oxygen atoms in total. The molecule has 2 aromatic rings. The number of nitrogens with one attached hydrogen (secondary N) is 1. The van der Waals surface area contributed by atoms with E-state index in [0.717, 1.165) is 10.2 Å². The molecule has 114 valence electrons. The summed E-state index contributed by atoms with van der Waals surface area (Å²) in [4.78, 5) is 0. The van der Waals surface area contributed by atoms with Crippen LogP contribution in [-0.2, 0) is 0 Å². The van der Waals surface area contributed by atoms with E-state index in [2.05, 4.69) is 26.3 Å². The van der Waals surface area contributed by atoms with Crippen molar-refractivity contribution in [3.8, 4) is 0 Å². The lowest BCUT2D eigenvalue weighted by Gasteiger charge is -2.22. The Morgan fingerprint density at radius 2 is 2.14 bits per heavy atom. The van der Waals surface area contributed by atoms with Crippen LogP contribution < -0.4 is 5.32 Å². The molecule has 0 saturated carbocycles. The van der Waals surface area contributed by atoms with Gasteiger partial charge in [-0.25, -0.2) is 4.39 Å². The SMILES string of the molecule is CCNC(c1cc(Br)ccc1F)c1c(Cl)cnn1C(C)C. The Morgan fingerprint density at radius 1 is 1.43 bits per heavy atom. The fraction of sp³-hybridized carbons (Fsp3) is 0.400. The van der Waals surface area contributed by atoms with Crippen molar-refractivity contribution >= 4 is 27.5 Å². The Bertz CT molecular complexity index is 627. The van der Waals surface area contributed by atoms with Crippen molar-refractivity contribution in [2.75, 3.05) is 6.54 Å². The lowest BCUT2D eigenvalue weighted by atomic mass is 10.0. The molecular weight excluding hydrogens is 357 g/mol. The molecule has 1 aromatic carbocycles. The van der Waals surface area contributed by atoms with E-state index in [1.807, 2.05) is 25.5 Å². The van der Waals surface area contributed by atoms with Crippen LogP contribution in [0.3, 0.4) is 0 Å². The van der Waals surface area contributed by atoms with Crippen molar-refractivity contribution < 1.29 is 4.39 Å². The summed E-state index contributed by atoms with van der Waals surface area (Å²) in [6.45, 7) is 6.71. The molecule has 0 aliphatic rings. The second kappa shape index (κ2) is 6.90. The summed E-state index contributed by atoms with van der Waals surface area (Å²) in [7, 11) is 0. The molecular formula is C15H18BrClFN3. The first-order chi connectivity index (χ1) is 9.95. The Kier molecular flexibility index (Phi) is 5.41. The molecule has 0 saturated heterocycles. The minimum Gasteiger partial charge on any atom is -0.305 e. The molecule has 0 aliphatic heterocycles. The maximum atomic E-state index is 14.3. The van der Waals surface area contributed by atoms with E-state index >= 15 is 0 Å². The first-order valence-electron chi connectivity index (χ1n) is 6.87. The topological polar surface area (TPSA) is 29.9 Å². The zero-order valence-corrected chi connectivity index (χ0v) is 14.5. The van der Waals surface area contributed by atoms with Gasteiger partial charge in [0.25, 0.3) is 0 Å². The minimum absolute atomic E-state index is 0.142. The van der Waals surface area contributed by atoms with Crippen LogP contribution in [0.4, 0.5) is 4.39 Å². The smallest absolute Gasteiger partial charge is 0.128 e. The summed E-state index contributed by atoms with van der Waals surface area (Å²) in [5.41, 5.74) is 1.33. The van der Waals surface area contributed by atoms with Crippen molar-refractivity contribution in [2.45, 2.75) is 32.9 Å². The van der Waals surface area contributed by atoms with Gasteiger partial charge in [0.15, 0.2) is 0 Å². The number of hydrogen-bond acceptors (Lipinski definition) is 2. The van der Waals surface area contributed by atoms with Gasteiger partial charge in [0.05, 0.1) is 23.0 Å². The van der Waals surface area contributed by atoms with Crippen LogP contribution in [0.15, 0.2) is 28.9 Å². The molecule has 0 aliphatic carbocycles. The van der Waals surface area contributed by atoms with Crippen LogP contribution >= 0.6 is 27.5 Å². The van der Waals surface area contributed by atoms with Crippen molar-refractivity contribution in [2.24, 2.45) is 0 Å².